The van der Waals surface area contributed by atoms with Crippen LogP contribution in [0.4, 0.5) is 0 Å². The van der Waals surface area contributed by atoms with E-state index in [1.807, 2.05) is 0 Å². The summed E-state index contributed by atoms with van der Waals surface area (Å²) in [5, 5.41) is 37.6. The molecule has 0 bridgehead atoms. The van der Waals surface area contributed by atoms with Gasteiger partial charge < -0.3 is 29.2 Å². The van der Waals surface area contributed by atoms with Crippen molar-refractivity contribution in [3.05, 3.63) is 40.8 Å². The molecule has 0 spiro atoms. The number of nitrogens with zero attached hydrogens (tertiary/aromatic N) is 3. The van der Waals surface area contributed by atoms with Gasteiger partial charge in [-0.2, -0.15) is 0 Å². The van der Waals surface area contributed by atoms with Crippen LogP contribution in [0, 0.1) is 0 Å². The van der Waals surface area contributed by atoms with E-state index in [4.69, 9.17) is 13.9 Å². The van der Waals surface area contributed by atoms with Gasteiger partial charge in [0.2, 0.25) is 6.54 Å². The maximum Gasteiger partial charge on any atom is 0.336 e. The molecule has 3 heterocycles. The van der Waals surface area contributed by atoms with E-state index in [9.17, 15) is 20.1 Å². The third-order valence-electron chi connectivity index (χ3n) is 4.19. The Kier molecular flexibility index (Phi) is 4.24. The van der Waals surface area contributed by atoms with Crippen molar-refractivity contribution in [2.75, 3.05) is 13.2 Å². The maximum absolute atomic E-state index is 11.3. The number of hydrogen-bond acceptors (Lipinski definition) is 9. The minimum Gasteiger partial charge on any atom is -0.485 e. The second kappa shape index (κ2) is 6.57. The van der Waals surface area contributed by atoms with Gasteiger partial charge in [-0.1, -0.05) is 4.68 Å². The first-order valence-electron chi connectivity index (χ1n) is 7.91. The van der Waals surface area contributed by atoms with E-state index in [0.29, 0.717) is 17.0 Å². The molecule has 4 atom stereocenters. The van der Waals surface area contributed by atoms with Gasteiger partial charge in [-0.25, -0.2) is 4.79 Å². The molecule has 0 amide bonds. The van der Waals surface area contributed by atoms with Crippen LogP contribution in [0.5, 0.6) is 5.75 Å². The van der Waals surface area contributed by atoms with Gasteiger partial charge in [0.25, 0.3) is 6.23 Å². The van der Waals surface area contributed by atoms with Crippen molar-refractivity contribution < 1.29 is 33.9 Å². The third-order valence-corrected chi connectivity index (χ3v) is 4.19. The molecule has 1 fully saturated rings. The molecule has 0 saturated carbocycles. The Morgan fingerprint density at radius 2 is 2.00 bits per heavy atom. The summed E-state index contributed by atoms with van der Waals surface area (Å²) in [6, 6.07) is 8.08. The molecule has 2 aliphatic heterocycles. The van der Waals surface area contributed by atoms with Crippen LogP contribution in [-0.2, 0) is 4.74 Å². The zero-order valence-corrected chi connectivity index (χ0v) is 13.4. The number of aliphatic hydroxyl groups is 3. The maximum atomic E-state index is 11.3. The first kappa shape index (κ1) is 16.8. The van der Waals surface area contributed by atoms with Crippen LogP contribution in [0.2, 0.25) is 0 Å². The first-order valence-corrected chi connectivity index (χ1v) is 7.91. The summed E-state index contributed by atoms with van der Waals surface area (Å²) in [6.45, 7) is 0.301. The summed E-state index contributed by atoms with van der Waals surface area (Å²) in [5.41, 5.74) is 0.525. The minimum absolute atomic E-state index is 0.0777. The average Bonchev–Trinajstić information content (AvgIpc) is 3.19. The molecule has 1 unspecified atom stereocenters. The highest BCUT2D eigenvalue weighted by Crippen LogP contribution is 2.23. The fourth-order valence-corrected chi connectivity index (χ4v) is 2.80. The minimum atomic E-state index is -1.50. The molecule has 26 heavy (non-hydrogen) atoms. The van der Waals surface area contributed by atoms with Gasteiger partial charge in [-0.05, 0) is 18.2 Å². The Morgan fingerprint density at radius 1 is 1.19 bits per heavy atom. The Balaban J connectivity index is 1.52. The quantitative estimate of drug-likeness (QED) is 0.488. The Bertz CT molecular complexity index is 954. The average molecular weight is 362 g/mol. The normalized spacial score (nSPS) is 28.3. The summed E-state index contributed by atoms with van der Waals surface area (Å²) in [7, 11) is 0. The van der Waals surface area contributed by atoms with Gasteiger partial charge in [-0.3, -0.25) is 0 Å². The van der Waals surface area contributed by atoms with Crippen LogP contribution < -0.4 is 10.4 Å². The van der Waals surface area contributed by atoms with Gasteiger partial charge >= 0.3 is 5.63 Å². The van der Waals surface area contributed by atoms with Crippen LogP contribution in [0.25, 0.3) is 11.0 Å². The molecular formula is C16H16N3O7+. The van der Waals surface area contributed by atoms with Crippen molar-refractivity contribution in [3.63, 3.8) is 0 Å². The highest BCUT2D eigenvalue weighted by molar-refractivity contribution is 5.84. The lowest BCUT2D eigenvalue weighted by Crippen LogP contribution is -2.39. The lowest BCUT2D eigenvalue weighted by molar-refractivity contribution is -0.628. The van der Waals surface area contributed by atoms with E-state index in [1.165, 1.54) is 10.8 Å². The van der Waals surface area contributed by atoms with E-state index in [-0.39, 0.29) is 13.2 Å². The topological polar surface area (TPSA) is 137 Å². The van der Waals surface area contributed by atoms with E-state index in [2.05, 4.69) is 10.3 Å². The van der Waals surface area contributed by atoms with Crippen LogP contribution in [-0.4, -0.2) is 63.6 Å². The van der Waals surface area contributed by atoms with Crippen LogP contribution in [0.3, 0.4) is 0 Å². The van der Waals surface area contributed by atoms with Gasteiger partial charge in [0.1, 0.15) is 22.7 Å². The Morgan fingerprint density at radius 3 is 2.77 bits per heavy atom. The zero-order valence-electron chi connectivity index (χ0n) is 13.4. The summed E-state index contributed by atoms with van der Waals surface area (Å²) < 4.78 is 17.2. The summed E-state index contributed by atoms with van der Waals surface area (Å²) in [5.74, 6) is 0.471. The molecule has 0 aliphatic carbocycles. The third kappa shape index (κ3) is 2.99. The van der Waals surface area contributed by atoms with E-state index in [0.717, 1.165) is 5.39 Å². The van der Waals surface area contributed by atoms with Gasteiger partial charge in [0.15, 0.2) is 24.7 Å². The molecule has 2 aliphatic rings. The van der Waals surface area contributed by atoms with Crippen molar-refractivity contribution in [3.8, 4) is 5.75 Å². The van der Waals surface area contributed by atoms with Gasteiger partial charge in [0, 0.05) is 22.6 Å². The smallest absolute Gasteiger partial charge is 0.336 e. The van der Waals surface area contributed by atoms with Gasteiger partial charge in [-0.15, -0.1) is 0 Å². The van der Waals surface area contributed by atoms with E-state index in [1.54, 1.807) is 24.3 Å². The monoisotopic (exact) mass is 362 g/mol. The molecule has 1 aromatic carbocycles. The predicted octanol–water partition coefficient (Wildman–Crippen LogP) is -0.597. The lowest BCUT2D eigenvalue weighted by Gasteiger charge is -2.12. The molecule has 10 heteroatoms. The fraction of sp³-hybridized carbons (Fsp3) is 0.375. The number of rotatable bonds is 4. The van der Waals surface area contributed by atoms with Crippen LogP contribution >= 0.6 is 0 Å². The van der Waals surface area contributed by atoms with Crippen LogP contribution in [0.1, 0.15) is 0 Å². The largest absolute Gasteiger partial charge is 0.485 e. The second-order valence-corrected chi connectivity index (χ2v) is 5.94. The summed E-state index contributed by atoms with van der Waals surface area (Å²) in [6.07, 6.45) is -5.33. The fourth-order valence-electron chi connectivity index (χ4n) is 2.80. The van der Waals surface area contributed by atoms with E-state index >= 15 is 0 Å². The number of benzene rings is 1. The Hall–Kier alpha value is -2.66. The number of hydrogen-bond donors (Lipinski definition) is 3. The summed E-state index contributed by atoms with van der Waals surface area (Å²) in [4.78, 5) is 11.3. The highest BCUT2D eigenvalue weighted by atomic mass is 16.7. The predicted molar refractivity (Wildman–Crippen MR) is 85.9 cm³/mol. The Labute approximate surface area is 146 Å². The molecule has 3 N–H and O–H groups in total. The molecule has 0 radical (unpaired) electrons. The molecule has 1 saturated heterocycles. The lowest BCUT2D eigenvalue weighted by atomic mass is 10.2. The molecule has 4 rings (SSSR count). The van der Waals surface area contributed by atoms with Crippen molar-refractivity contribution in [2.45, 2.75) is 24.7 Å². The van der Waals surface area contributed by atoms with Crippen molar-refractivity contribution in [2.24, 2.45) is 10.3 Å². The molecule has 10 nitrogen and oxygen atoms in total. The molecular weight excluding hydrogens is 346 g/mol. The zero-order chi connectivity index (χ0) is 18.3. The van der Waals surface area contributed by atoms with Gasteiger partial charge in [0.05, 0.1) is 0 Å². The summed E-state index contributed by atoms with van der Waals surface area (Å²) >= 11 is 0. The number of fused-ring (bicyclic) bond motifs is 1. The van der Waals surface area contributed by atoms with Crippen LogP contribution in [0.15, 0.2) is 49.9 Å². The van der Waals surface area contributed by atoms with Crippen molar-refractivity contribution in [1.82, 2.24) is 0 Å². The second-order valence-electron chi connectivity index (χ2n) is 5.94. The number of ether oxygens (including phenoxy) is 2. The van der Waals surface area contributed by atoms with Crippen molar-refractivity contribution >= 4 is 16.7 Å². The molecule has 2 aromatic rings. The van der Waals surface area contributed by atoms with E-state index < -0.39 is 30.4 Å². The standard InChI is InChI=1S/C16H16N3O7/c20-12-4-2-8-1-3-10(5-11(8)25-12)24-7-9-6-17-18-19(9)15-13(21)14(22)16(23)26-15/h1-5,13-16,21-23H,6-7H2/q+1/t13-,14?,15+,16-/m0/s1. The molecule has 136 valence electrons. The first-order chi connectivity index (χ1) is 12.5. The van der Waals surface area contributed by atoms with Crippen molar-refractivity contribution in [1.29, 1.82) is 0 Å². The highest BCUT2D eigenvalue weighted by Gasteiger charge is 2.48. The molecule has 1 aromatic heterocycles. The number of aliphatic hydroxyl groups excluding tert-OH is 3. The SMILES string of the molecule is O=c1ccc2ccc(OCC3=[N+]([C@@H]4O[C@H](O)C(O)[C@@H]4O)N=NC3)cc2o1.